The van der Waals surface area contributed by atoms with Crippen LogP contribution in [-0.4, -0.2) is 0 Å². The SMILES string of the molecule is Cc1cc(Cl)ccc1[C@@H](N)C(C)(C)C.Cl. The lowest BCUT2D eigenvalue weighted by Crippen LogP contribution is -2.26. The van der Waals surface area contributed by atoms with Crippen molar-refractivity contribution in [2.24, 2.45) is 11.1 Å². The van der Waals surface area contributed by atoms with Crippen molar-refractivity contribution in [2.45, 2.75) is 33.7 Å². The van der Waals surface area contributed by atoms with Gasteiger partial charge in [0.25, 0.3) is 0 Å². The molecule has 3 heteroatoms. The summed E-state index contributed by atoms with van der Waals surface area (Å²) in [5, 5.41) is 0.771. The van der Waals surface area contributed by atoms with Gasteiger partial charge in [-0.3, -0.25) is 0 Å². The Balaban J connectivity index is 0.00000196. The molecule has 0 fully saturated rings. The first-order chi connectivity index (χ1) is 6.32. The van der Waals surface area contributed by atoms with E-state index in [4.69, 9.17) is 17.3 Å². The third kappa shape index (κ3) is 3.67. The van der Waals surface area contributed by atoms with E-state index in [9.17, 15) is 0 Å². The molecule has 0 aliphatic carbocycles. The lowest BCUT2D eigenvalue weighted by Gasteiger charge is -2.28. The van der Waals surface area contributed by atoms with E-state index in [-0.39, 0.29) is 23.9 Å². The Morgan fingerprint density at radius 3 is 2.20 bits per heavy atom. The number of halogens is 2. The topological polar surface area (TPSA) is 26.0 Å². The van der Waals surface area contributed by atoms with Crippen LogP contribution in [0.5, 0.6) is 0 Å². The molecule has 0 saturated heterocycles. The summed E-state index contributed by atoms with van der Waals surface area (Å²) in [5.41, 5.74) is 8.61. The monoisotopic (exact) mass is 247 g/mol. The second kappa shape index (κ2) is 5.20. The molecule has 0 aliphatic heterocycles. The highest BCUT2D eigenvalue weighted by atomic mass is 35.5. The molecule has 0 radical (unpaired) electrons. The maximum atomic E-state index is 6.18. The zero-order valence-corrected chi connectivity index (χ0v) is 11.2. The van der Waals surface area contributed by atoms with Crippen LogP contribution >= 0.6 is 24.0 Å². The first kappa shape index (κ1) is 14.8. The van der Waals surface area contributed by atoms with Gasteiger partial charge in [-0.15, -0.1) is 12.4 Å². The van der Waals surface area contributed by atoms with E-state index in [0.717, 1.165) is 5.02 Å². The molecule has 1 aromatic rings. The maximum Gasteiger partial charge on any atom is 0.0408 e. The second-order valence-electron chi connectivity index (χ2n) is 4.84. The summed E-state index contributed by atoms with van der Waals surface area (Å²) in [6.45, 7) is 8.48. The van der Waals surface area contributed by atoms with E-state index >= 15 is 0 Å². The molecule has 1 nitrogen and oxygen atoms in total. The molecule has 0 heterocycles. The van der Waals surface area contributed by atoms with E-state index in [1.165, 1.54) is 11.1 Å². The van der Waals surface area contributed by atoms with E-state index < -0.39 is 0 Å². The summed E-state index contributed by atoms with van der Waals surface area (Å²) in [4.78, 5) is 0. The Hall–Kier alpha value is -0.240. The number of hydrogen-bond donors (Lipinski definition) is 1. The van der Waals surface area contributed by atoms with Crippen LogP contribution in [0.25, 0.3) is 0 Å². The van der Waals surface area contributed by atoms with Crippen LogP contribution in [0.3, 0.4) is 0 Å². The fourth-order valence-corrected chi connectivity index (χ4v) is 1.68. The lowest BCUT2D eigenvalue weighted by molar-refractivity contribution is 0.326. The smallest absolute Gasteiger partial charge is 0.0408 e. The molecule has 0 spiro atoms. The molecule has 0 unspecified atom stereocenters. The predicted molar refractivity (Wildman–Crippen MR) is 69.8 cm³/mol. The van der Waals surface area contributed by atoms with Gasteiger partial charge in [-0.25, -0.2) is 0 Å². The summed E-state index contributed by atoms with van der Waals surface area (Å²) in [7, 11) is 0. The summed E-state index contributed by atoms with van der Waals surface area (Å²) in [6.07, 6.45) is 0. The largest absolute Gasteiger partial charge is 0.324 e. The molecular weight excluding hydrogens is 229 g/mol. The Bertz CT molecular complexity index is 329. The van der Waals surface area contributed by atoms with Gasteiger partial charge in [-0.2, -0.15) is 0 Å². The van der Waals surface area contributed by atoms with Crippen molar-refractivity contribution < 1.29 is 0 Å². The average Bonchev–Trinajstić information content (AvgIpc) is 2.01. The summed E-state index contributed by atoms with van der Waals surface area (Å²) >= 11 is 5.90. The highest BCUT2D eigenvalue weighted by Gasteiger charge is 2.23. The zero-order chi connectivity index (χ0) is 10.9. The molecule has 1 atom stereocenters. The van der Waals surface area contributed by atoms with Crippen LogP contribution in [-0.2, 0) is 0 Å². The van der Waals surface area contributed by atoms with Crippen LogP contribution in [0.4, 0.5) is 0 Å². The number of nitrogens with two attached hydrogens (primary N) is 1. The molecule has 0 saturated carbocycles. The van der Waals surface area contributed by atoms with Gasteiger partial charge < -0.3 is 5.73 Å². The van der Waals surface area contributed by atoms with Crippen molar-refractivity contribution >= 4 is 24.0 Å². The molecule has 0 bridgehead atoms. The van der Waals surface area contributed by atoms with Crippen LogP contribution in [0.2, 0.25) is 5.02 Å². The van der Waals surface area contributed by atoms with Gasteiger partial charge >= 0.3 is 0 Å². The summed E-state index contributed by atoms with van der Waals surface area (Å²) in [6, 6.07) is 5.94. The molecule has 15 heavy (non-hydrogen) atoms. The maximum absolute atomic E-state index is 6.18. The van der Waals surface area contributed by atoms with Gasteiger partial charge in [-0.05, 0) is 35.6 Å². The fourth-order valence-electron chi connectivity index (χ4n) is 1.45. The van der Waals surface area contributed by atoms with Gasteiger partial charge in [0.15, 0.2) is 0 Å². The third-order valence-corrected chi connectivity index (χ3v) is 2.74. The number of rotatable bonds is 1. The predicted octanol–water partition coefficient (Wildman–Crippen LogP) is 4.12. The normalized spacial score (nSPS) is 13.2. The Morgan fingerprint density at radius 1 is 1.27 bits per heavy atom. The summed E-state index contributed by atoms with van der Waals surface area (Å²) in [5.74, 6) is 0. The van der Waals surface area contributed by atoms with E-state index in [0.29, 0.717) is 0 Å². The van der Waals surface area contributed by atoms with Crippen molar-refractivity contribution in [1.82, 2.24) is 0 Å². The van der Waals surface area contributed by atoms with Crippen LogP contribution in [0.15, 0.2) is 18.2 Å². The highest BCUT2D eigenvalue weighted by molar-refractivity contribution is 6.30. The Morgan fingerprint density at radius 2 is 1.80 bits per heavy atom. The molecular formula is C12H19Cl2N. The molecule has 0 aliphatic rings. The zero-order valence-electron chi connectivity index (χ0n) is 9.67. The van der Waals surface area contributed by atoms with Gasteiger partial charge in [-0.1, -0.05) is 38.4 Å². The van der Waals surface area contributed by atoms with Crippen LogP contribution < -0.4 is 5.73 Å². The Labute approximate surface area is 103 Å². The van der Waals surface area contributed by atoms with Crippen molar-refractivity contribution in [3.63, 3.8) is 0 Å². The first-order valence-electron chi connectivity index (χ1n) is 4.84. The Kier molecular flexibility index (Phi) is 5.12. The molecule has 1 rings (SSSR count). The van der Waals surface area contributed by atoms with Crippen molar-refractivity contribution in [1.29, 1.82) is 0 Å². The molecule has 0 amide bonds. The molecule has 1 aromatic carbocycles. The van der Waals surface area contributed by atoms with Crippen LogP contribution in [0.1, 0.15) is 37.9 Å². The standard InChI is InChI=1S/C12H18ClN.ClH/c1-8-7-9(13)5-6-10(8)11(14)12(2,3)4;/h5-7,11H,14H2,1-4H3;1H/t11-;/m1./s1. The minimum atomic E-state index is 0. The van der Waals surface area contributed by atoms with Crippen molar-refractivity contribution in [3.8, 4) is 0 Å². The number of aryl methyl sites for hydroxylation is 1. The molecule has 0 aromatic heterocycles. The minimum Gasteiger partial charge on any atom is -0.324 e. The summed E-state index contributed by atoms with van der Waals surface area (Å²) < 4.78 is 0. The van der Waals surface area contributed by atoms with Gasteiger partial charge in [0.2, 0.25) is 0 Å². The number of benzene rings is 1. The van der Waals surface area contributed by atoms with Gasteiger partial charge in [0.05, 0.1) is 0 Å². The van der Waals surface area contributed by atoms with Gasteiger partial charge in [0, 0.05) is 11.1 Å². The van der Waals surface area contributed by atoms with Crippen molar-refractivity contribution in [2.75, 3.05) is 0 Å². The van der Waals surface area contributed by atoms with Gasteiger partial charge in [0.1, 0.15) is 0 Å². The number of hydrogen-bond acceptors (Lipinski definition) is 1. The second-order valence-corrected chi connectivity index (χ2v) is 5.28. The lowest BCUT2D eigenvalue weighted by atomic mass is 9.81. The van der Waals surface area contributed by atoms with E-state index in [1.807, 2.05) is 25.1 Å². The van der Waals surface area contributed by atoms with E-state index in [1.54, 1.807) is 0 Å². The van der Waals surface area contributed by atoms with Crippen LogP contribution in [0, 0.1) is 12.3 Å². The first-order valence-corrected chi connectivity index (χ1v) is 5.22. The third-order valence-electron chi connectivity index (χ3n) is 2.50. The quantitative estimate of drug-likeness (QED) is 0.794. The molecule has 86 valence electrons. The van der Waals surface area contributed by atoms with E-state index in [2.05, 4.69) is 20.8 Å². The fraction of sp³-hybridized carbons (Fsp3) is 0.500. The van der Waals surface area contributed by atoms with Crippen molar-refractivity contribution in [3.05, 3.63) is 34.3 Å². The molecule has 2 N–H and O–H groups in total. The minimum absolute atomic E-state index is 0. The average molecular weight is 248 g/mol. The highest BCUT2D eigenvalue weighted by Crippen LogP contribution is 2.32.